The first-order chi connectivity index (χ1) is 9.05. The van der Waals surface area contributed by atoms with Crippen LogP contribution in [0.25, 0.3) is 0 Å². The van der Waals surface area contributed by atoms with Crippen molar-refractivity contribution in [2.45, 2.75) is 45.4 Å². The van der Waals surface area contributed by atoms with E-state index in [2.05, 4.69) is 59.4 Å². The van der Waals surface area contributed by atoms with Crippen molar-refractivity contribution in [3.63, 3.8) is 0 Å². The molecule has 1 nitrogen and oxygen atoms in total. The van der Waals surface area contributed by atoms with Crippen LogP contribution in [0.1, 0.15) is 51.0 Å². The van der Waals surface area contributed by atoms with Crippen LogP contribution in [-0.2, 0) is 0 Å². The molecule has 1 saturated carbocycles. The fraction of sp³-hybridized carbons (Fsp3) is 0.647. The highest BCUT2D eigenvalue weighted by Crippen LogP contribution is 2.62. The van der Waals surface area contributed by atoms with Gasteiger partial charge in [0.05, 0.1) is 0 Å². The molecule has 1 aliphatic carbocycles. The van der Waals surface area contributed by atoms with E-state index >= 15 is 0 Å². The third-order valence-corrected chi connectivity index (χ3v) is 6.34. The standard InChI is InChI=1S/C17H24BrN/c1-16(2)8-3-9-17(16)10-11-19-12-15(17)13-4-6-14(18)7-5-13/h4-7,15,19H,3,8-12H2,1-2H3. The molecule has 2 heteroatoms. The quantitative estimate of drug-likeness (QED) is 0.789. The molecule has 1 aromatic rings. The van der Waals surface area contributed by atoms with Crippen LogP contribution < -0.4 is 5.32 Å². The van der Waals surface area contributed by atoms with E-state index in [1.165, 1.54) is 42.3 Å². The number of nitrogens with one attached hydrogen (secondary N) is 1. The average molecular weight is 322 g/mol. The van der Waals surface area contributed by atoms with Gasteiger partial charge in [-0.25, -0.2) is 0 Å². The Kier molecular flexibility index (Phi) is 3.51. The van der Waals surface area contributed by atoms with Crippen molar-refractivity contribution in [1.29, 1.82) is 0 Å². The van der Waals surface area contributed by atoms with Gasteiger partial charge in [-0.2, -0.15) is 0 Å². The van der Waals surface area contributed by atoms with Crippen molar-refractivity contribution in [3.8, 4) is 0 Å². The number of benzene rings is 1. The molecule has 2 atom stereocenters. The summed E-state index contributed by atoms with van der Waals surface area (Å²) in [4.78, 5) is 0. The molecular formula is C17H24BrN. The summed E-state index contributed by atoms with van der Waals surface area (Å²) in [6.07, 6.45) is 5.53. The first kappa shape index (κ1) is 13.6. The van der Waals surface area contributed by atoms with Gasteiger partial charge in [-0.05, 0) is 54.3 Å². The first-order valence-corrected chi connectivity index (χ1v) is 8.31. The molecule has 0 radical (unpaired) electrons. The van der Waals surface area contributed by atoms with Crippen LogP contribution in [0.4, 0.5) is 0 Å². The smallest absolute Gasteiger partial charge is 0.0175 e. The lowest BCUT2D eigenvalue weighted by Gasteiger charge is -2.51. The van der Waals surface area contributed by atoms with Gasteiger partial charge in [-0.15, -0.1) is 0 Å². The minimum absolute atomic E-state index is 0.479. The van der Waals surface area contributed by atoms with Crippen LogP contribution in [0, 0.1) is 10.8 Å². The van der Waals surface area contributed by atoms with Gasteiger partial charge in [0.15, 0.2) is 0 Å². The Labute approximate surface area is 125 Å². The molecule has 0 bridgehead atoms. The van der Waals surface area contributed by atoms with Gasteiger partial charge in [0.25, 0.3) is 0 Å². The molecule has 2 unspecified atom stereocenters. The van der Waals surface area contributed by atoms with Crippen LogP contribution in [-0.4, -0.2) is 13.1 Å². The average Bonchev–Trinajstić information content (AvgIpc) is 2.67. The summed E-state index contributed by atoms with van der Waals surface area (Å²) >= 11 is 3.55. The van der Waals surface area contributed by atoms with Crippen LogP contribution in [0.5, 0.6) is 0 Å². The minimum atomic E-state index is 0.479. The van der Waals surface area contributed by atoms with E-state index in [1.807, 2.05) is 0 Å². The summed E-state index contributed by atoms with van der Waals surface area (Å²) in [6, 6.07) is 9.02. The second-order valence-electron chi connectivity index (χ2n) is 6.95. The van der Waals surface area contributed by atoms with Crippen molar-refractivity contribution < 1.29 is 0 Å². The topological polar surface area (TPSA) is 12.0 Å². The molecular weight excluding hydrogens is 298 g/mol. The van der Waals surface area contributed by atoms with Crippen LogP contribution in [0.2, 0.25) is 0 Å². The number of piperidine rings is 1. The number of halogens is 1. The van der Waals surface area contributed by atoms with E-state index in [-0.39, 0.29) is 0 Å². The third kappa shape index (κ3) is 2.17. The molecule has 1 spiro atoms. The van der Waals surface area contributed by atoms with Gasteiger partial charge in [-0.1, -0.05) is 48.3 Å². The van der Waals surface area contributed by atoms with Crippen LogP contribution >= 0.6 is 15.9 Å². The molecule has 19 heavy (non-hydrogen) atoms. The highest BCUT2D eigenvalue weighted by atomic mass is 79.9. The molecule has 0 aromatic heterocycles. The third-order valence-electron chi connectivity index (χ3n) is 5.81. The lowest BCUT2D eigenvalue weighted by atomic mass is 9.56. The molecule has 1 heterocycles. The van der Waals surface area contributed by atoms with E-state index in [1.54, 1.807) is 0 Å². The van der Waals surface area contributed by atoms with E-state index in [9.17, 15) is 0 Å². The molecule has 0 amide bonds. The summed E-state index contributed by atoms with van der Waals surface area (Å²) in [6.45, 7) is 7.33. The van der Waals surface area contributed by atoms with E-state index in [4.69, 9.17) is 0 Å². The maximum absolute atomic E-state index is 3.63. The maximum atomic E-state index is 3.63. The second kappa shape index (κ2) is 4.89. The number of hydrogen-bond acceptors (Lipinski definition) is 1. The molecule has 3 rings (SSSR count). The predicted molar refractivity (Wildman–Crippen MR) is 84.4 cm³/mol. The molecule has 1 N–H and O–H groups in total. The Morgan fingerprint density at radius 2 is 1.84 bits per heavy atom. The molecule has 1 aliphatic heterocycles. The maximum Gasteiger partial charge on any atom is 0.0175 e. The van der Waals surface area contributed by atoms with Gasteiger partial charge in [0, 0.05) is 16.9 Å². The van der Waals surface area contributed by atoms with Crippen molar-refractivity contribution >= 4 is 15.9 Å². The Balaban J connectivity index is 2.00. The second-order valence-corrected chi connectivity index (χ2v) is 7.87. The van der Waals surface area contributed by atoms with E-state index in [0.717, 1.165) is 6.54 Å². The molecule has 104 valence electrons. The van der Waals surface area contributed by atoms with Gasteiger partial charge < -0.3 is 5.32 Å². The predicted octanol–water partition coefficient (Wildman–Crippen LogP) is 4.72. The minimum Gasteiger partial charge on any atom is -0.316 e. The Morgan fingerprint density at radius 3 is 2.47 bits per heavy atom. The number of hydrogen-bond donors (Lipinski definition) is 1. The molecule has 2 fully saturated rings. The zero-order chi connectivity index (χ0) is 13.5. The Hall–Kier alpha value is -0.340. The lowest BCUT2D eigenvalue weighted by Crippen LogP contribution is -2.48. The fourth-order valence-corrected chi connectivity index (χ4v) is 4.87. The van der Waals surface area contributed by atoms with Gasteiger partial charge in [0.1, 0.15) is 0 Å². The molecule has 2 aliphatic rings. The molecule has 1 saturated heterocycles. The van der Waals surface area contributed by atoms with Gasteiger partial charge in [0.2, 0.25) is 0 Å². The van der Waals surface area contributed by atoms with E-state index < -0.39 is 0 Å². The van der Waals surface area contributed by atoms with Gasteiger partial charge in [-0.3, -0.25) is 0 Å². The highest BCUT2D eigenvalue weighted by Gasteiger charge is 2.54. The lowest BCUT2D eigenvalue weighted by molar-refractivity contribution is 0.0419. The summed E-state index contributed by atoms with van der Waals surface area (Å²) in [5, 5.41) is 3.63. The van der Waals surface area contributed by atoms with Crippen LogP contribution in [0.3, 0.4) is 0 Å². The normalized spacial score (nSPS) is 33.7. The molecule has 1 aromatic carbocycles. The zero-order valence-electron chi connectivity index (χ0n) is 12.0. The SMILES string of the molecule is CC1(C)CCCC12CCNCC2c1ccc(Br)cc1. The van der Waals surface area contributed by atoms with E-state index in [0.29, 0.717) is 16.7 Å². The monoisotopic (exact) mass is 321 g/mol. The summed E-state index contributed by atoms with van der Waals surface area (Å²) in [5.74, 6) is 0.673. The van der Waals surface area contributed by atoms with Crippen molar-refractivity contribution in [2.24, 2.45) is 10.8 Å². The fourth-order valence-electron chi connectivity index (χ4n) is 4.60. The Bertz CT molecular complexity index is 451. The zero-order valence-corrected chi connectivity index (χ0v) is 13.6. The van der Waals surface area contributed by atoms with Crippen molar-refractivity contribution in [1.82, 2.24) is 5.32 Å². The largest absolute Gasteiger partial charge is 0.316 e. The Morgan fingerprint density at radius 1 is 1.11 bits per heavy atom. The summed E-state index contributed by atoms with van der Waals surface area (Å²) in [7, 11) is 0. The van der Waals surface area contributed by atoms with Gasteiger partial charge >= 0.3 is 0 Å². The van der Waals surface area contributed by atoms with Crippen LogP contribution in [0.15, 0.2) is 28.7 Å². The first-order valence-electron chi connectivity index (χ1n) is 7.51. The summed E-state index contributed by atoms with van der Waals surface area (Å²) in [5.41, 5.74) is 2.50. The van der Waals surface area contributed by atoms with Crippen molar-refractivity contribution in [3.05, 3.63) is 34.3 Å². The number of rotatable bonds is 1. The highest BCUT2D eigenvalue weighted by molar-refractivity contribution is 9.10. The van der Waals surface area contributed by atoms with Crippen molar-refractivity contribution in [2.75, 3.05) is 13.1 Å². The summed E-state index contributed by atoms with van der Waals surface area (Å²) < 4.78 is 1.18.